The van der Waals surface area contributed by atoms with E-state index < -0.39 is 0 Å². The van der Waals surface area contributed by atoms with Crippen LogP contribution in [0.3, 0.4) is 0 Å². The van der Waals surface area contributed by atoms with Gasteiger partial charge in [-0.25, -0.2) is 9.97 Å². The lowest BCUT2D eigenvalue weighted by Gasteiger charge is -2.58. The van der Waals surface area contributed by atoms with Crippen molar-refractivity contribution in [1.29, 1.82) is 0 Å². The van der Waals surface area contributed by atoms with E-state index in [1.165, 1.54) is 24.9 Å². The maximum absolute atomic E-state index is 13.4. The van der Waals surface area contributed by atoms with E-state index in [2.05, 4.69) is 54.6 Å². The molecule has 0 bridgehead atoms. The molecule has 8 nitrogen and oxygen atoms in total. The summed E-state index contributed by atoms with van der Waals surface area (Å²) in [7, 11) is 0. The number of nitrogens with one attached hydrogen (secondary N) is 2. The number of aromatic amines is 1. The van der Waals surface area contributed by atoms with Crippen LogP contribution >= 0.6 is 0 Å². The first-order chi connectivity index (χ1) is 18.2. The number of H-pyrrole nitrogens is 1. The summed E-state index contributed by atoms with van der Waals surface area (Å²) >= 11 is 0. The quantitative estimate of drug-likeness (QED) is 0.405. The van der Waals surface area contributed by atoms with Gasteiger partial charge in [-0.15, -0.1) is 0 Å². The predicted molar refractivity (Wildman–Crippen MR) is 141 cm³/mol. The highest BCUT2D eigenvalue weighted by atomic mass is 16.5. The van der Waals surface area contributed by atoms with Crippen molar-refractivity contribution >= 4 is 22.5 Å². The van der Waals surface area contributed by atoms with Gasteiger partial charge in [0.25, 0.3) is 5.91 Å². The maximum atomic E-state index is 13.4. The first kappa shape index (κ1) is 22.4. The summed E-state index contributed by atoms with van der Waals surface area (Å²) in [5, 5.41) is 11.9. The molecule has 1 aliphatic carbocycles. The van der Waals surface area contributed by atoms with E-state index in [4.69, 9.17) is 4.74 Å². The van der Waals surface area contributed by atoms with Gasteiger partial charge in [0, 0.05) is 41.1 Å². The largest absolute Gasteiger partial charge is 0.376 e. The van der Waals surface area contributed by atoms with Crippen molar-refractivity contribution in [3.63, 3.8) is 0 Å². The van der Waals surface area contributed by atoms with Gasteiger partial charge < -0.3 is 15.0 Å². The number of anilines is 1. The molecule has 4 heterocycles. The summed E-state index contributed by atoms with van der Waals surface area (Å²) in [5.74, 6) is 0.931. The third-order valence-electron chi connectivity index (χ3n) is 8.41. The van der Waals surface area contributed by atoms with Crippen LogP contribution in [0.5, 0.6) is 0 Å². The molecule has 1 saturated carbocycles. The number of carbonyl (C=O) groups is 1. The Balaban J connectivity index is 1.15. The van der Waals surface area contributed by atoms with Crippen LogP contribution in [0.4, 0.5) is 5.69 Å². The van der Waals surface area contributed by atoms with Crippen LogP contribution in [0.15, 0.2) is 60.9 Å². The monoisotopic (exact) mass is 494 g/mol. The molecule has 3 aliphatic rings. The molecule has 188 valence electrons. The van der Waals surface area contributed by atoms with E-state index in [-0.39, 0.29) is 17.5 Å². The van der Waals surface area contributed by atoms with Crippen LogP contribution in [0.1, 0.15) is 54.3 Å². The minimum Gasteiger partial charge on any atom is -0.376 e. The number of amides is 1. The van der Waals surface area contributed by atoms with Gasteiger partial charge in [0.1, 0.15) is 0 Å². The van der Waals surface area contributed by atoms with Gasteiger partial charge in [-0.1, -0.05) is 25.0 Å². The van der Waals surface area contributed by atoms with Gasteiger partial charge in [0.05, 0.1) is 36.0 Å². The predicted octanol–water partition coefficient (Wildman–Crippen LogP) is 4.66. The number of aromatic nitrogens is 4. The van der Waals surface area contributed by atoms with E-state index >= 15 is 0 Å². The Kier molecular flexibility index (Phi) is 5.43. The number of carbonyl (C=O) groups excluding carboxylic acids is 1. The molecule has 2 saturated heterocycles. The number of ether oxygens (including phenoxy) is 1. The van der Waals surface area contributed by atoms with Gasteiger partial charge in [-0.05, 0) is 61.6 Å². The van der Waals surface area contributed by atoms with Crippen LogP contribution in [0.25, 0.3) is 22.2 Å². The molecule has 37 heavy (non-hydrogen) atoms. The van der Waals surface area contributed by atoms with Crippen molar-refractivity contribution in [1.82, 2.24) is 25.5 Å². The molecular formula is C29H30N6O2. The average Bonchev–Trinajstić information content (AvgIpc) is 3.57. The first-order valence-corrected chi connectivity index (χ1v) is 13.2. The lowest BCUT2D eigenvalue weighted by atomic mass is 9.82. The van der Waals surface area contributed by atoms with E-state index in [0.29, 0.717) is 17.3 Å². The Bertz CT molecular complexity index is 1420. The Labute approximate surface area is 215 Å². The molecule has 1 atom stereocenters. The fourth-order valence-corrected chi connectivity index (χ4v) is 6.13. The van der Waals surface area contributed by atoms with Gasteiger partial charge >= 0.3 is 0 Å². The van der Waals surface area contributed by atoms with E-state index in [9.17, 15) is 4.79 Å². The van der Waals surface area contributed by atoms with Gasteiger partial charge in [0.15, 0.2) is 5.82 Å². The number of hydrogen-bond donors (Lipinski definition) is 2. The molecule has 2 aromatic heterocycles. The van der Waals surface area contributed by atoms with E-state index in [1.807, 2.05) is 18.2 Å². The van der Waals surface area contributed by atoms with Crippen LogP contribution < -0.4 is 10.2 Å². The third kappa shape index (κ3) is 3.87. The molecular weight excluding hydrogens is 464 g/mol. The third-order valence-corrected chi connectivity index (χ3v) is 8.41. The second kappa shape index (κ2) is 8.95. The van der Waals surface area contributed by atoms with E-state index in [0.717, 1.165) is 54.8 Å². The summed E-state index contributed by atoms with van der Waals surface area (Å²) in [4.78, 5) is 24.8. The lowest BCUT2D eigenvalue weighted by molar-refractivity contribution is -0.0847. The lowest BCUT2D eigenvalue weighted by Crippen LogP contribution is -2.71. The summed E-state index contributed by atoms with van der Waals surface area (Å²) in [6.07, 6.45) is 9.20. The maximum Gasteiger partial charge on any atom is 0.251 e. The van der Waals surface area contributed by atoms with Crippen molar-refractivity contribution in [2.75, 3.05) is 24.7 Å². The minimum atomic E-state index is -0.186. The Morgan fingerprint density at radius 1 is 1.08 bits per heavy atom. The SMILES string of the molecule is O=C(N[C@@H](c1ncccn1)C1CCCC1)c1ccc2[nH]nc(-c3ccc(N4CCC45COC5)cc3)c2c1. The van der Waals surface area contributed by atoms with Gasteiger partial charge in [-0.2, -0.15) is 5.10 Å². The zero-order valence-electron chi connectivity index (χ0n) is 20.7. The molecule has 3 fully saturated rings. The van der Waals surface area contributed by atoms with Crippen molar-refractivity contribution in [3.05, 3.63) is 72.3 Å². The topological polar surface area (TPSA) is 96.0 Å². The van der Waals surface area contributed by atoms with E-state index in [1.54, 1.807) is 18.5 Å². The van der Waals surface area contributed by atoms with Crippen molar-refractivity contribution in [3.8, 4) is 11.3 Å². The zero-order valence-corrected chi connectivity index (χ0v) is 20.7. The molecule has 2 N–H and O–H groups in total. The fraction of sp³-hybridized carbons (Fsp3) is 0.379. The first-order valence-electron chi connectivity index (χ1n) is 13.2. The number of benzene rings is 2. The molecule has 4 aromatic rings. The average molecular weight is 495 g/mol. The highest BCUT2D eigenvalue weighted by Crippen LogP contribution is 2.41. The van der Waals surface area contributed by atoms with Crippen molar-refractivity contribution < 1.29 is 9.53 Å². The molecule has 7 rings (SSSR count). The molecule has 8 heteroatoms. The molecule has 0 unspecified atom stereocenters. The Morgan fingerprint density at radius 2 is 1.86 bits per heavy atom. The smallest absolute Gasteiger partial charge is 0.251 e. The summed E-state index contributed by atoms with van der Waals surface area (Å²) in [6, 6.07) is 15.9. The number of fused-ring (bicyclic) bond motifs is 1. The standard InChI is InChI=1S/C29H30N6O2/c36-28(32-26(19-4-1-2-5-19)27-30-13-3-14-31-27)21-8-11-24-23(16-21)25(34-33-24)20-6-9-22(10-7-20)35-15-12-29(35)17-37-18-29/h3,6-11,13-14,16,19,26H,1-2,4-5,12,15,17-18H2,(H,32,36)(H,33,34)/t26-/m1/s1. The van der Waals surface area contributed by atoms with Crippen LogP contribution in [0, 0.1) is 5.92 Å². The molecule has 2 aromatic carbocycles. The summed E-state index contributed by atoms with van der Waals surface area (Å²) in [6.45, 7) is 2.71. The molecule has 1 amide bonds. The Hall–Kier alpha value is -3.78. The molecule has 1 spiro atoms. The fourth-order valence-electron chi connectivity index (χ4n) is 6.13. The van der Waals surface area contributed by atoms with Crippen LogP contribution in [0.2, 0.25) is 0 Å². The second-order valence-electron chi connectivity index (χ2n) is 10.6. The second-order valence-corrected chi connectivity index (χ2v) is 10.6. The number of hydrogen-bond acceptors (Lipinski definition) is 6. The number of rotatable bonds is 6. The molecule has 0 radical (unpaired) electrons. The molecule has 2 aliphatic heterocycles. The van der Waals surface area contributed by atoms with Crippen molar-refractivity contribution in [2.24, 2.45) is 5.92 Å². The van der Waals surface area contributed by atoms with Gasteiger partial charge in [0.2, 0.25) is 0 Å². The Morgan fingerprint density at radius 3 is 2.54 bits per heavy atom. The summed E-state index contributed by atoms with van der Waals surface area (Å²) in [5.41, 5.74) is 4.82. The minimum absolute atomic E-state index is 0.112. The van der Waals surface area contributed by atoms with Crippen LogP contribution in [-0.4, -0.2) is 51.4 Å². The summed E-state index contributed by atoms with van der Waals surface area (Å²) < 4.78 is 5.48. The van der Waals surface area contributed by atoms with Crippen molar-refractivity contribution in [2.45, 2.75) is 43.7 Å². The normalized spacial score (nSPS) is 19.5. The van der Waals surface area contributed by atoms with Crippen LogP contribution in [-0.2, 0) is 4.74 Å². The number of nitrogens with zero attached hydrogens (tertiary/aromatic N) is 4. The highest BCUT2D eigenvalue weighted by molar-refractivity contribution is 6.01. The van der Waals surface area contributed by atoms with Gasteiger partial charge in [-0.3, -0.25) is 9.89 Å². The highest BCUT2D eigenvalue weighted by Gasteiger charge is 2.50. The zero-order chi connectivity index (χ0) is 24.8.